The molecule has 1 aromatic carbocycles. The number of nitrogens with zero attached hydrogens (tertiary/aromatic N) is 3. The molecule has 2 aliphatic rings. The lowest BCUT2D eigenvalue weighted by molar-refractivity contribution is -0.133. The van der Waals surface area contributed by atoms with Gasteiger partial charge in [-0.05, 0) is 30.7 Å². The molecule has 11 heteroatoms. The van der Waals surface area contributed by atoms with Crippen molar-refractivity contribution >= 4 is 58.3 Å². The standard InChI is InChI=1S/C22H25N3O6S2/c1-3-31-21(29)24-12-10-23(11-13-24)18(26)8-9-25-19(27)17(33-22(25)32)14-15-4-6-16(7-5-15)20(28)30-2/h4-7,14H,3,8-13H2,1-2H3. The summed E-state index contributed by atoms with van der Waals surface area (Å²) >= 11 is 6.52. The van der Waals surface area contributed by atoms with Gasteiger partial charge in [-0.3, -0.25) is 14.5 Å². The van der Waals surface area contributed by atoms with Crippen LogP contribution in [0.4, 0.5) is 4.79 Å². The summed E-state index contributed by atoms with van der Waals surface area (Å²) < 4.78 is 10.1. The Morgan fingerprint density at radius 1 is 1.09 bits per heavy atom. The van der Waals surface area contributed by atoms with E-state index in [4.69, 9.17) is 17.0 Å². The van der Waals surface area contributed by atoms with E-state index in [0.29, 0.717) is 47.6 Å². The van der Waals surface area contributed by atoms with Crippen LogP contribution in [0.5, 0.6) is 0 Å². The van der Waals surface area contributed by atoms with Crippen LogP contribution in [0.15, 0.2) is 29.2 Å². The topological polar surface area (TPSA) is 96.5 Å². The van der Waals surface area contributed by atoms with E-state index in [1.807, 2.05) is 0 Å². The van der Waals surface area contributed by atoms with Gasteiger partial charge in [-0.15, -0.1) is 0 Å². The number of methoxy groups -OCH3 is 1. The van der Waals surface area contributed by atoms with Crippen molar-refractivity contribution in [2.75, 3.05) is 46.4 Å². The van der Waals surface area contributed by atoms with E-state index < -0.39 is 5.97 Å². The van der Waals surface area contributed by atoms with Gasteiger partial charge in [0, 0.05) is 39.1 Å². The average molecular weight is 492 g/mol. The third-order valence-electron chi connectivity index (χ3n) is 5.21. The molecule has 0 aromatic heterocycles. The van der Waals surface area contributed by atoms with Crippen molar-refractivity contribution in [3.63, 3.8) is 0 Å². The van der Waals surface area contributed by atoms with Gasteiger partial charge in [0.05, 0.1) is 24.2 Å². The summed E-state index contributed by atoms with van der Waals surface area (Å²) in [5, 5.41) is 0. The van der Waals surface area contributed by atoms with Gasteiger partial charge in [0.2, 0.25) is 5.91 Å². The molecule has 0 bridgehead atoms. The highest BCUT2D eigenvalue weighted by atomic mass is 32.2. The summed E-state index contributed by atoms with van der Waals surface area (Å²) in [4.78, 5) is 53.9. The van der Waals surface area contributed by atoms with Gasteiger partial charge in [0.25, 0.3) is 5.91 Å². The van der Waals surface area contributed by atoms with Crippen LogP contribution in [0.25, 0.3) is 6.08 Å². The molecule has 0 atom stereocenters. The average Bonchev–Trinajstić information content (AvgIpc) is 3.09. The van der Waals surface area contributed by atoms with Crippen LogP contribution in [0.2, 0.25) is 0 Å². The Balaban J connectivity index is 1.53. The zero-order valence-corrected chi connectivity index (χ0v) is 20.1. The molecule has 3 rings (SSSR count). The van der Waals surface area contributed by atoms with Crippen molar-refractivity contribution in [3.8, 4) is 0 Å². The molecule has 2 saturated heterocycles. The van der Waals surface area contributed by atoms with Gasteiger partial charge in [0.1, 0.15) is 4.32 Å². The minimum atomic E-state index is -0.431. The van der Waals surface area contributed by atoms with E-state index in [2.05, 4.69) is 4.74 Å². The number of thioether (sulfide) groups is 1. The maximum Gasteiger partial charge on any atom is 0.409 e. The number of ether oxygens (including phenoxy) is 2. The molecule has 2 fully saturated rings. The van der Waals surface area contributed by atoms with Gasteiger partial charge in [-0.25, -0.2) is 9.59 Å². The Hall–Kier alpha value is -2.92. The van der Waals surface area contributed by atoms with Gasteiger partial charge in [-0.1, -0.05) is 36.1 Å². The van der Waals surface area contributed by atoms with E-state index in [9.17, 15) is 19.2 Å². The fourth-order valence-electron chi connectivity index (χ4n) is 3.40. The maximum atomic E-state index is 12.8. The van der Waals surface area contributed by atoms with Gasteiger partial charge in [0.15, 0.2) is 0 Å². The number of hydrogen-bond donors (Lipinski definition) is 0. The lowest BCUT2D eigenvalue weighted by Crippen LogP contribution is -2.51. The highest BCUT2D eigenvalue weighted by Gasteiger charge is 2.33. The number of amides is 3. The molecule has 0 spiro atoms. The first kappa shape index (κ1) is 24.7. The van der Waals surface area contributed by atoms with Crippen LogP contribution in [0.3, 0.4) is 0 Å². The first-order valence-corrected chi connectivity index (χ1v) is 11.7. The molecule has 2 heterocycles. The highest BCUT2D eigenvalue weighted by molar-refractivity contribution is 8.26. The molecule has 2 aliphatic heterocycles. The van der Waals surface area contributed by atoms with Crippen molar-refractivity contribution in [1.29, 1.82) is 0 Å². The molecule has 1 aromatic rings. The van der Waals surface area contributed by atoms with E-state index in [1.54, 1.807) is 47.1 Å². The molecule has 9 nitrogen and oxygen atoms in total. The monoisotopic (exact) mass is 491 g/mol. The summed E-state index contributed by atoms with van der Waals surface area (Å²) in [7, 11) is 1.32. The maximum absolute atomic E-state index is 12.8. The van der Waals surface area contributed by atoms with Gasteiger partial charge < -0.3 is 19.3 Å². The second-order valence-electron chi connectivity index (χ2n) is 7.26. The summed E-state index contributed by atoms with van der Waals surface area (Å²) in [5.41, 5.74) is 1.17. The number of piperazine rings is 1. The molecule has 33 heavy (non-hydrogen) atoms. The van der Waals surface area contributed by atoms with E-state index >= 15 is 0 Å². The van der Waals surface area contributed by atoms with Crippen LogP contribution in [-0.4, -0.2) is 89.3 Å². The van der Waals surface area contributed by atoms with E-state index in [1.165, 1.54) is 23.8 Å². The molecule has 0 aliphatic carbocycles. The number of rotatable bonds is 6. The van der Waals surface area contributed by atoms with Crippen LogP contribution < -0.4 is 0 Å². The quantitative estimate of drug-likeness (QED) is 0.340. The van der Waals surface area contributed by atoms with E-state index in [-0.39, 0.29) is 30.9 Å². The fraction of sp³-hybridized carbons (Fsp3) is 0.409. The predicted octanol–water partition coefficient (Wildman–Crippen LogP) is 2.37. The normalized spacial score (nSPS) is 17.5. The Morgan fingerprint density at radius 2 is 1.73 bits per heavy atom. The number of hydrogen-bond acceptors (Lipinski definition) is 8. The molecule has 0 unspecified atom stereocenters. The molecule has 0 N–H and O–H groups in total. The Kier molecular flexibility index (Phi) is 8.45. The zero-order chi connectivity index (χ0) is 24.0. The summed E-state index contributed by atoms with van der Waals surface area (Å²) in [6.45, 7) is 3.96. The largest absolute Gasteiger partial charge is 0.465 e. The number of esters is 1. The minimum Gasteiger partial charge on any atom is -0.465 e. The van der Waals surface area contributed by atoms with Crippen molar-refractivity contribution in [2.24, 2.45) is 0 Å². The number of carbonyl (C=O) groups is 4. The van der Waals surface area contributed by atoms with Crippen molar-refractivity contribution < 1.29 is 28.7 Å². The van der Waals surface area contributed by atoms with Gasteiger partial charge >= 0.3 is 12.1 Å². The van der Waals surface area contributed by atoms with Crippen LogP contribution in [-0.2, 0) is 19.1 Å². The summed E-state index contributed by atoms with van der Waals surface area (Å²) in [5.74, 6) is -0.767. The molecule has 3 amide bonds. The first-order valence-electron chi connectivity index (χ1n) is 10.5. The molecule has 0 radical (unpaired) electrons. The second kappa shape index (κ2) is 11.3. The van der Waals surface area contributed by atoms with E-state index in [0.717, 1.165) is 5.56 Å². The summed E-state index contributed by atoms with van der Waals surface area (Å²) in [6.07, 6.45) is 1.48. The Morgan fingerprint density at radius 3 is 2.33 bits per heavy atom. The molecule has 176 valence electrons. The third kappa shape index (κ3) is 6.11. The number of thiocarbonyl (C=S) groups is 1. The van der Waals surface area contributed by atoms with Crippen molar-refractivity contribution in [2.45, 2.75) is 13.3 Å². The lowest BCUT2D eigenvalue weighted by atomic mass is 10.1. The molecular weight excluding hydrogens is 466 g/mol. The van der Waals surface area contributed by atoms with Crippen LogP contribution in [0, 0.1) is 0 Å². The SMILES string of the molecule is CCOC(=O)N1CCN(C(=O)CCN2C(=O)C(=Cc3ccc(C(=O)OC)cc3)SC2=S)CC1. The number of carbonyl (C=O) groups excluding carboxylic acids is 4. The second-order valence-corrected chi connectivity index (χ2v) is 8.94. The van der Waals surface area contributed by atoms with Crippen LogP contribution in [0.1, 0.15) is 29.3 Å². The zero-order valence-electron chi connectivity index (χ0n) is 18.4. The van der Waals surface area contributed by atoms with Gasteiger partial charge in [-0.2, -0.15) is 0 Å². The predicted molar refractivity (Wildman–Crippen MR) is 127 cm³/mol. The Bertz CT molecular complexity index is 971. The molecular formula is C22H25N3O6S2. The van der Waals surface area contributed by atoms with Crippen LogP contribution >= 0.6 is 24.0 Å². The smallest absolute Gasteiger partial charge is 0.409 e. The number of benzene rings is 1. The lowest BCUT2D eigenvalue weighted by Gasteiger charge is -2.34. The van der Waals surface area contributed by atoms with Crippen molar-refractivity contribution in [3.05, 3.63) is 40.3 Å². The minimum absolute atomic E-state index is 0.0880. The first-order chi connectivity index (χ1) is 15.8. The molecule has 0 saturated carbocycles. The Labute approximate surface area is 201 Å². The van der Waals surface area contributed by atoms with Crippen molar-refractivity contribution in [1.82, 2.24) is 14.7 Å². The third-order valence-corrected chi connectivity index (χ3v) is 6.59. The highest BCUT2D eigenvalue weighted by Crippen LogP contribution is 2.32. The summed E-state index contributed by atoms with van der Waals surface area (Å²) in [6, 6.07) is 6.69. The fourth-order valence-corrected chi connectivity index (χ4v) is 4.70.